The van der Waals surface area contributed by atoms with Gasteiger partial charge in [0.25, 0.3) is 11.7 Å². The topological polar surface area (TPSA) is 85.3 Å². The molecule has 2 heterocycles. The second kappa shape index (κ2) is 10.4. The molecule has 1 unspecified atom stereocenters. The van der Waals surface area contributed by atoms with Gasteiger partial charge >= 0.3 is 0 Å². The van der Waals surface area contributed by atoms with Crippen LogP contribution in [-0.4, -0.2) is 49.1 Å². The minimum absolute atomic E-state index is 0.0738. The van der Waals surface area contributed by atoms with E-state index in [1.54, 1.807) is 32.4 Å². The molecular formula is C30H29NO6. The summed E-state index contributed by atoms with van der Waals surface area (Å²) >= 11 is 0. The summed E-state index contributed by atoms with van der Waals surface area (Å²) < 4.78 is 16.3. The van der Waals surface area contributed by atoms with Crippen LogP contribution >= 0.6 is 0 Å². The molecule has 1 N–H and O–H groups in total. The smallest absolute Gasteiger partial charge is 0.295 e. The maximum Gasteiger partial charge on any atom is 0.295 e. The number of carbonyl (C=O) groups excluding carboxylic acids is 2. The van der Waals surface area contributed by atoms with Gasteiger partial charge in [-0.3, -0.25) is 9.59 Å². The lowest BCUT2D eigenvalue weighted by molar-refractivity contribution is -0.139. The van der Waals surface area contributed by atoms with E-state index in [1.165, 1.54) is 4.90 Å². The number of hydrogen-bond acceptors (Lipinski definition) is 6. The third-order valence-electron chi connectivity index (χ3n) is 6.93. The van der Waals surface area contributed by atoms with Crippen molar-refractivity contribution in [2.75, 3.05) is 27.4 Å². The molecule has 2 aliphatic heterocycles. The Kier molecular flexibility index (Phi) is 6.86. The molecule has 3 aromatic carbocycles. The van der Waals surface area contributed by atoms with Gasteiger partial charge in [-0.15, -0.1) is 0 Å². The zero-order valence-corrected chi connectivity index (χ0v) is 20.9. The first-order chi connectivity index (χ1) is 18.0. The maximum atomic E-state index is 13.4. The number of benzene rings is 3. The van der Waals surface area contributed by atoms with E-state index < -0.39 is 17.7 Å². The summed E-state index contributed by atoms with van der Waals surface area (Å²) in [4.78, 5) is 28.2. The molecule has 0 spiro atoms. The normalized spacial score (nSPS) is 18.3. The lowest BCUT2D eigenvalue weighted by Gasteiger charge is -2.26. The monoisotopic (exact) mass is 499 g/mol. The molecular weight excluding hydrogens is 470 g/mol. The Morgan fingerprint density at radius 1 is 1.00 bits per heavy atom. The number of carbonyl (C=O) groups is 2. The standard InChI is InChI=1S/C30H29NO6/c1-35-23-11-8-19(9-12-23)14-15-31-27(21-5-3-7-24(18-21)36-2)26(29(33)30(31)34)28(32)22-10-13-25-20(17-22)6-4-16-37-25/h3,5,7-13,17-18,27,32H,4,6,14-16H2,1-2H3/b28-26+. The number of ether oxygens (including phenoxy) is 3. The van der Waals surface area contributed by atoms with E-state index in [0.717, 1.165) is 35.5 Å². The fourth-order valence-corrected chi connectivity index (χ4v) is 4.97. The Morgan fingerprint density at radius 3 is 2.54 bits per heavy atom. The number of aliphatic hydroxyl groups excluding tert-OH is 1. The molecule has 0 radical (unpaired) electrons. The van der Waals surface area contributed by atoms with Crippen LogP contribution in [0.5, 0.6) is 17.2 Å². The van der Waals surface area contributed by atoms with Gasteiger partial charge < -0.3 is 24.2 Å². The Labute approximate surface area is 215 Å². The van der Waals surface area contributed by atoms with E-state index in [4.69, 9.17) is 14.2 Å². The summed E-state index contributed by atoms with van der Waals surface area (Å²) in [7, 11) is 3.17. The average Bonchev–Trinajstić information content (AvgIpc) is 3.20. The molecule has 2 aliphatic rings. The molecule has 1 atom stereocenters. The molecule has 37 heavy (non-hydrogen) atoms. The van der Waals surface area contributed by atoms with Gasteiger partial charge in [0.15, 0.2) is 0 Å². The number of nitrogens with zero attached hydrogens (tertiary/aromatic N) is 1. The van der Waals surface area contributed by atoms with Crippen molar-refractivity contribution in [1.82, 2.24) is 4.90 Å². The number of aryl methyl sites for hydroxylation is 1. The van der Waals surface area contributed by atoms with Crippen molar-refractivity contribution < 1.29 is 28.9 Å². The number of aliphatic hydroxyl groups is 1. The zero-order valence-electron chi connectivity index (χ0n) is 20.9. The maximum absolute atomic E-state index is 13.4. The van der Waals surface area contributed by atoms with Crippen molar-refractivity contribution in [2.24, 2.45) is 0 Å². The molecule has 3 aromatic rings. The molecule has 7 heteroatoms. The number of hydrogen-bond donors (Lipinski definition) is 1. The molecule has 5 rings (SSSR count). The molecule has 7 nitrogen and oxygen atoms in total. The predicted molar refractivity (Wildman–Crippen MR) is 139 cm³/mol. The SMILES string of the molecule is COc1ccc(CCN2C(=O)C(=O)/C(=C(/O)c3ccc4c(c3)CCCO4)C2c2cccc(OC)c2)cc1. The van der Waals surface area contributed by atoms with E-state index in [1.807, 2.05) is 48.5 Å². The fraction of sp³-hybridized carbons (Fsp3) is 0.267. The molecule has 0 aliphatic carbocycles. The average molecular weight is 500 g/mol. The van der Waals surface area contributed by atoms with E-state index in [9.17, 15) is 14.7 Å². The number of rotatable bonds is 7. The summed E-state index contributed by atoms with van der Waals surface area (Å²) in [5.41, 5.74) is 3.23. The molecule has 0 bridgehead atoms. The Bertz CT molecular complexity index is 1360. The largest absolute Gasteiger partial charge is 0.507 e. The second-order valence-electron chi connectivity index (χ2n) is 9.14. The highest BCUT2D eigenvalue weighted by molar-refractivity contribution is 6.46. The molecule has 1 saturated heterocycles. The fourth-order valence-electron chi connectivity index (χ4n) is 4.97. The minimum atomic E-state index is -0.749. The van der Waals surface area contributed by atoms with Gasteiger partial charge in [0.1, 0.15) is 23.0 Å². The lowest BCUT2D eigenvalue weighted by atomic mass is 9.93. The van der Waals surface area contributed by atoms with E-state index >= 15 is 0 Å². The Morgan fingerprint density at radius 2 is 1.78 bits per heavy atom. The van der Waals surface area contributed by atoms with Gasteiger partial charge in [0.05, 0.1) is 32.4 Å². The third-order valence-corrected chi connectivity index (χ3v) is 6.93. The first-order valence-corrected chi connectivity index (χ1v) is 12.3. The number of ketones is 1. The molecule has 190 valence electrons. The van der Waals surface area contributed by atoms with Crippen LogP contribution in [0.25, 0.3) is 5.76 Å². The minimum Gasteiger partial charge on any atom is -0.507 e. The van der Waals surface area contributed by atoms with Gasteiger partial charge in [-0.25, -0.2) is 0 Å². The summed E-state index contributed by atoms with van der Waals surface area (Å²) in [6.45, 7) is 0.959. The predicted octanol–water partition coefficient (Wildman–Crippen LogP) is 4.69. The van der Waals surface area contributed by atoms with Gasteiger partial charge in [0.2, 0.25) is 0 Å². The van der Waals surface area contributed by atoms with Crippen molar-refractivity contribution in [3.63, 3.8) is 0 Å². The molecule has 1 fully saturated rings. The molecule has 0 aromatic heterocycles. The van der Waals surface area contributed by atoms with Crippen molar-refractivity contribution in [3.8, 4) is 17.2 Å². The highest BCUT2D eigenvalue weighted by Crippen LogP contribution is 2.41. The lowest BCUT2D eigenvalue weighted by Crippen LogP contribution is -2.31. The first-order valence-electron chi connectivity index (χ1n) is 12.3. The van der Waals surface area contributed by atoms with Crippen LogP contribution in [-0.2, 0) is 22.4 Å². The van der Waals surface area contributed by atoms with E-state index in [-0.39, 0.29) is 11.3 Å². The zero-order chi connectivity index (χ0) is 25.9. The quantitative estimate of drug-likeness (QED) is 0.288. The summed E-state index contributed by atoms with van der Waals surface area (Å²) in [5, 5.41) is 11.4. The summed E-state index contributed by atoms with van der Waals surface area (Å²) in [6.07, 6.45) is 2.25. The van der Waals surface area contributed by atoms with E-state index in [0.29, 0.717) is 36.4 Å². The van der Waals surface area contributed by atoms with E-state index in [2.05, 4.69) is 0 Å². The van der Waals surface area contributed by atoms with Crippen molar-refractivity contribution >= 4 is 17.4 Å². The van der Waals surface area contributed by atoms with Gasteiger partial charge in [0, 0.05) is 12.1 Å². The van der Waals surface area contributed by atoms with Crippen molar-refractivity contribution in [2.45, 2.75) is 25.3 Å². The number of fused-ring (bicyclic) bond motifs is 1. The van der Waals surface area contributed by atoms with Gasteiger partial charge in [-0.05, 0) is 78.4 Å². The highest BCUT2D eigenvalue weighted by Gasteiger charge is 2.46. The number of amides is 1. The van der Waals surface area contributed by atoms with Gasteiger partial charge in [-0.1, -0.05) is 24.3 Å². The Balaban J connectivity index is 1.55. The van der Waals surface area contributed by atoms with Crippen LogP contribution in [0.15, 0.2) is 72.3 Å². The summed E-state index contributed by atoms with van der Waals surface area (Å²) in [5.74, 6) is 0.608. The van der Waals surface area contributed by atoms with Crippen LogP contribution in [0.1, 0.15) is 34.7 Å². The molecule has 0 saturated carbocycles. The first kappa shape index (κ1) is 24.4. The number of likely N-dealkylation sites (tertiary alicyclic amines) is 1. The number of Topliss-reactive ketones (excluding diaryl/α,β-unsaturated/α-hetero) is 1. The van der Waals surface area contributed by atoms with Crippen LogP contribution in [0.3, 0.4) is 0 Å². The number of methoxy groups -OCH3 is 2. The second-order valence-corrected chi connectivity index (χ2v) is 9.14. The third kappa shape index (κ3) is 4.77. The molecule has 1 amide bonds. The van der Waals surface area contributed by atoms with Crippen LogP contribution in [0.4, 0.5) is 0 Å². The Hall–Kier alpha value is -4.26. The van der Waals surface area contributed by atoms with Crippen molar-refractivity contribution in [1.29, 1.82) is 0 Å². The van der Waals surface area contributed by atoms with Crippen LogP contribution in [0, 0.1) is 0 Å². The van der Waals surface area contributed by atoms with Crippen LogP contribution in [0.2, 0.25) is 0 Å². The summed E-state index contributed by atoms with van der Waals surface area (Å²) in [6, 6.07) is 19.5. The van der Waals surface area contributed by atoms with Gasteiger partial charge in [-0.2, -0.15) is 0 Å². The highest BCUT2D eigenvalue weighted by atomic mass is 16.5. The van der Waals surface area contributed by atoms with Crippen LogP contribution < -0.4 is 14.2 Å². The van der Waals surface area contributed by atoms with Crippen molar-refractivity contribution in [3.05, 3.63) is 94.6 Å².